The zero-order valence-electron chi connectivity index (χ0n) is 11.7. The molecule has 4 heteroatoms. The molecule has 1 heterocycles. The maximum Gasteiger partial charge on any atom is 0.314 e. The summed E-state index contributed by atoms with van der Waals surface area (Å²) < 4.78 is 0. The van der Waals surface area contributed by atoms with Crippen molar-refractivity contribution in [3.05, 3.63) is 29.3 Å². The van der Waals surface area contributed by atoms with E-state index < -0.39 is 11.4 Å². The van der Waals surface area contributed by atoms with Crippen LogP contribution < -0.4 is 4.90 Å². The molecule has 1 N–H and O–H groups in total. The van der Waals surface area contributed by atoms with Crippen LogP contribution in [0.4, 0.5) is 5.69 Å². The predicted octanol–water partition coefficient (Wildman–Crippen LogP) is 2.49. The molecule has 1 aliphatic heterocycles. The molecule has 0 bridgehead atoms. The summed E-state index contributed by atoms with van der Waals surface area (Å²) in [5.41, 5.74) is 2.16. The molecule has 1 aliphatic carbocycles. The van der Waals surface area contributed by atoms with Crippen LogP contribution in [0.15, 0.2) is 18.2 Å². The van der Waals surface area contributed by atoms with E-state index in [0.717, 1.165) is 36.1 Å². The van der Waals surface area contributed by atoms with Gasteiger partial charge in [0.05, 0.1) is 5.41 Å². The molecule has 0 atom stereocenters. The van der Waals surface area contributed by atoms with Gasteiger partial charge in [-0.15, -0.1) is 0 Å². The number of amides is 1. The van der Waals surface area contributed by atoms with Crippen LogP contribution in [0.5, 0.6) is 0 Å². The van der Waals surface area contributed by atoms with Crippen LogP contribution in [-0.4, -0.2) is 23.5 Å². The summed E-state index contributed by atoms with van der Waals surface area (Å²) in [6.07, 6.45) is 4.11. The summed E-state index contributed by atoms with van der Waals surface area (Å²) >= 11 is 0. The summed E-state index contributed by atoms with van der Waals surface area (Å²) in [6.45, 7) is 2.22. The van der Waals surface area contributed by atoms with E-state index in [4.69, 9.17) is 0 Å². The standard InChI is InChI=1S/C16H19NO3/c1-11(18)17-10-7-12-13(5-4-6-14(12)17)16(15(19)20)8-2-3-9-16/h4-6H,2-3,7-10H2,1H3,(H,19,20). The van der Waals surface area contributed by atoms with E-state index in [2.05, 4.69) is 0 Å². The van der Waals surface area contributed by atoms with Gasteiger partial charge in [0, 0.05) is 19.2 Å². The van der Waals surface area contributed by atoms with Crippen molar-refractivity contribution >= 4 is 17.6 Å². The first-order valence-electron chi connectivity index (χ1n) is 7.20. The molecule has 1 saturated carbocycles. The Morgan fingerprint density at radius 3 is 2.55 bits per heavy atom. The minimum atomic E-state index is -0.738. The Morgan fingerprint density at radius 1 is 1.25 bits per heavy atom. The molecule has 0 unspecified atom stereocenters. The normalized spacial score (nSPS) is 19.9. The minimum Gasteiger partial charge on any atom is -0.481 e. The van der Waals surface area contributed by atoms with Crippen LogP contribution in [-0.2, 0) is 21.4 Å². The molecule has 20 heavy (non-hydrogen) atoms. The van der Waals surface area contributed by atoms with Gasteiger partial charge in [0.2, 0.25) is 5.91 Å². The lowest BCUT2D eigenvalue weighted by Crippen LogP contribution is -2.33. The molecule has 2 aliphatic rings. The topological polar surface area (TPSA) is 57.6 Å². The molecule has 0 saturated heterocycles. The minimum absolute atomic E-state index is 0.0247. The molecule has 1 aromatic rings. The molecule has 1 fully saturated rings. The molecule has 0 spiro atoms. The second-order valence-electron chi connectivity index (χ2n) is 5.82. The average Bonchev–Trinajstić information content (AvgIpc) is 3.05. The molecular formula is C16H19NO3. The second-order valence-corrected chi connectivity index (χ2v) is 5.82. The highest BCUT2D eigenvalue weighted by Gasteiger charge is 2.45. The monoisotopic (exact) mass is 273 g/mol. The van der Waals surface area contributed by atoms with Crippen LogP contribution in [0.1, 0.15) is 43.7 Å². The highest BCUT2D eigenvalue weighted by Crippen LogP contribution is 2.46. The van der Waals surface area contributed by atoms with E-state index in [1.807, 2.05) is 18.2 Å². The summed E-state index contributed by atoms with van der Waals surface area (Å²) in [6, 6.07) is 5.76. The zero-order chi connectivity index (χ0) is 14.3. The Bertz CT molecular complexity index is 573. The number of nitrogens with zero attached hydrogens (tertiary/aromatic N) is 1. The van der Waals surface area contributed by atoms with E-state index in [9.17, 15) is 14.7 Å². The summed E-state index contributed by atoms with van der Waals surface area (Å²) in [4.78, 5) is 25.3. The third kappa shape index (κ3) is 1.74. The Hall–Kier alpha value is -1.84. The number of hydrogen-bond donors (Lipinski definition) is 1. The molecular weight excluding hydrogens is 254 g/mol. The Morgan fingerprint density at radius 2 is 1.95 bits per heavy atom. The summed E-state index contributed by atoms with van der Waals surface area (Å²) in [5, 5.41) is 9.74. The van der Waals surface area contributed by atoms with Crippen LogP contribution in [0, 0.1) is 0 Å². The van der Waals surface area contributed by atoms with Gasteiger partial charge in [-0.25, -0.2) is 0 Å². The largest absolute Gasteiger partial charge is 0.481 e. The van der Waals surface area contributed by atoms with Gasteiger partial charge < -0.3 is 10.0 Å². The lowest BCUT2D eigenvalue weighted by molar-refractivity contribution is -0.143. The highest BCUT2D eigenvalue weighted by atomic mass is 16.4. The van der Waals surface area contributed by atoms with Crippen molar-refractivity contribution in [2.45, 2.75) is 44.4 Å². The number of rotatable bonds is 2. The third-order valence-electron chi connectivity index (χ3n) is 4.79. The van der Waals surface area contributed by atoms with Crippen molar-refractivity contribution in [1.82, 2.24) is 0 Å². The number of fused-ring (bicyclic) bond motifs is 1. The van der Waals surface area contributed by atoms with Crippen LogP contribution in [0.3, 0.4) is 0 Å². The predicted molar refractivity (Wildman–Crippen MR) is 76.0 cm³/mol. The molecule has 0 aromatic heterocycles. The molecule has 1 aromatic carbocycles. The van der Waals surface area contributed by atoms with Gasteiger partial charge in [-0.2, -0.15) is 0 Å². The number of carboxylic acid groups (broad SMARTS) is 1. The summed E-state index contributed by atoms with van der Waals surface area (Å²) in [7, 11) is 0. The third-order valence-corrected chi connectivity index (χ3v) is 4.79. The Kier molecular flexibility index (Phi) is 3.04. The molecule has 106 valence electrons. The van der Waals surface area contributed by atoms with Crippen LogP contribution in [0.2, 0.25) is 0 Å². The van der Waals surface area contributed by atoms with Gasteiger partial charge in [-0.1, -0.05) is 25.0 Å². The van der Waals surface area contributed by atoms with Gasteiger partial charge >= 0.3 is 5.97 Å². The van der Waals surface area contributed by atoms with Crippen molar-refractivity contribution in [2.75, 3.05) is 11.4 Å². The Labute approximate surface area is 118 Å². The number of benzene rings is 1. The SMILES string of the molecule is CC(=O)N1CCc2c1cccc2C1(C(=O)O)CCCC1. The van der Waals surface area contributed by atoms with E-state index in [0.29, 0.717) is 19.4 Å². The first kappa shape index (κ1) is 13.2. The zero-order valence-corrected chi connectivity index (χ0v) is 11.7. The number of carbonyl (C=O) groups is 2. The fourth-order valence-electron chi connectivity index (χ4n) is 3.79. The van der Waals surface area contributed by atoms with Crippen LogP contribution in [0.25, 0.3) is 0 Å². The number of carboxylic acids is 1. The smallest absolute Gasteiger partial charge is 0.314 e. The first-order valence-corrected chi connectivity index (χ1v) is 7.20. The van der Waals surface area contributed by atoms with Crippen molar-refractivity contribution in [1.29, 1.82) is 0 Å². The van der Waals surface area contributed by atoms with E-state index in [1.54, 1.807) is 11.8 Å². The Balaban J connectivity index is 2.12. The molecule has 3 rings (SSSR count). The summed E-state index contributed by atoms with van der Waals surface area (Å²) in [5.74, 6) is -0.693. The van der Waals surface area contributed by atoms with Crippen molar-refractivity contribution in [3.63, 3.8) is 0 Å². The van der Waals surface area contributed by atoms with Gasteiger partial charge in [0.15, 0.2) is 0 Å². The van der Waals surface area contributed by atoms with Crippen LogP contribution >= 0.6 is 0 Å². The molecule has 0 radical (unpaired) electrons. The molecule has 1 amide bonds. The van der Waals surface area contributed by atoms with E-state index in [1.165, 1.54) is 0 Å². The first-order chi connectivity index (χ1) is 9.56. The lowest BCUT2D eigenvalue weighted by atomic mass is 9.76. The quantitative estimate of drug-likeness (QED) is 0.900. The van der Waals surface area contributed by atoms with Crippen molar-refractivity contribution < 1.29 is 14.7 Å². The maximum absolute atomic E-state index is 11.9. The second kappa shape index (κ2) is 4.62. The number of hydrogen-bond acceptors (Lipinski definition) is 2. The fraction of sp³-hybridized carbons (Fsp3) is 0.500. The number of aliphatic carboxylic acids is 1. The van der Waals surface area contributed by atoms with E-state index in [-0.39, 0.29) is 5.91 Å². The van der Waals surface area contributed by atoms with Crippen molar-refractivity contribution in [2.24, 2.45) is 0 Å². The average molecular weight is 273 g/mol. The van der Waals surface area contributed by atoms with Gasteiger partial charge in [0.25, 0.3) is 0 Å². The van der Waals surface area contributed by atoms with Gasteiger partial charge in [-0.05, 0) is 36.5 Å². The number of anilines is 1. The number of carbonyl (C=O) groups excluding carboxylic acids is 1. The maximum atomic E-state index is 11.9. The highest BCUT2D eigenvalue weighted by molar-refractivity contribution is 5.95. The van der Waals surface area contributed by atoms with Gasteiger partial charge in [0.1, 0.15) is 0 Å². The van der Waals surface area contributed by atoms with E-state index >= 15 is 0 Å². The van der Waals surface area contributed by atoms with Gasteiger partial charge in [-0.3, -0.25) is 9.59 Å². The molecule has 4 nitrogen and oxygen atoms in total. The van der Waals surface area contributed by atoms with Crippen molar-refractivity contribution in [3.8, 4) is 0 Å². The lowest BCUT2D eigenvalue weighted by Gasteiger charge is -2.27. The fourth-order valence-corrected chi connectivity index (χ4v) is 3.79.